The molecule has 6 aliphatic rings. The van der Waals surface area contributed by atoms with Crippen molar-refractivity contribution >= 4 is 17.7 Å². The average molecular weight is 742 g/mol. The highest BCUT2D eigenvalue weighted by Gasteiger charge is 2.73. The second kappa shape index (κ2) is 11.7. The molecule has 4 fully saturated rings. The summed E-state index contributed by atoms with van der Waals surface area (Å²) in [5.41, 5.74) is 0.906. The van der Waals surface area contributed by atoms with Crippen molar-refractivity contribution in [3.05, 3.63) is 61.9 Å². The van der Waals surface area contributed by atoms with Gasteiger partial charge in [-0.3, -0.25) is 14.4 Å². The molecule has 0 saturated heterocycles. The van der Waals surface area contributed by atoms with Gasteiger partial charge in [0.1, 0.15) is 12.7 Å². The van der Waals surface area contributed by atoms with Gasteiger partial charge in [-0.15, -0.1) is 0 Å². The zero-order chi connectivity index (χ0) is 39.1. The van der Waals surface area contributed by atoms with Gasteiger partial charge in [-0.2, -0.15) is 0 Å². The number of hydrogen-bond acceptors (Lipinski definition) is 7. The van der Waals surface area contributed by atoms with Gasteiger partial charge in [-0.1, -0.05) is 48.5 Å². The summed E-state index contributed by atoms with van der Waals surface area (Å²) in [5.74, 6) is -0.120. The van der Waals surface area contributed by atoms with Gasteiger partial charge in [-0.05, 0) is 134 Å². The first-order chi connectivity index (χ1) is 25.2. The van der Waals surface area contributed by atoms with Gasteiger partial charge in [0.25, 0.3) is 0 Å². The summed E-state index contributed by atoms with van der Waals surface area (Å²) >= 11 is 0. The van der Waals surface area contributed by atoms with Crippen LogP contribution in [-0.4, -0.2) is 44.4 Å². The Hall–Kier alpha value is -3.69. The molecule has 10 heteroatoms. The second-order valence-electron chi connectivity index (χ2n) is 19.7. The number of ketones is 1. The SMILES string of the molecule is CC(=O)OCC12CCC3(C(C)C)C1=C1C(CC4C5(C)CC[C@H](OC(C)=O)C(C)(C)C5CC[C@@]4(C)[C@]1(C)CC2)n1c(=O)n(-c2ccc(C(C)=O)cc2)c(=O)n13. The fourth-order valence-corrected chi connectivity index (χ4v) is 14.3. The summed E-state index contributed by atoms with van der Waals surface area (Å²) in [4.78, 5) is 67.3. The number of fused-ring (bicyclic) bond motifs is 7. The zero-order valence-corrected chi connectivity index (χ0v) is 34.0. The number of nitrogens with zero attached hydrogens (tertiary/aromatic N) is 3. The summed E-state index contributed by atoms with van der Waals surface area (Å²) in [6.45, 7) is 21.1. The molecule has 0 N–H and O–H groups in total. The first-order valence-corrected chi connectivity index (χ1v) is 20.4. The molecule has 8 rings (SSSR count). The molecule has 54 heavy (non-hydrogen) atoms. The Bertz CT molecular complexity index is 2120. The molecule has 5 aliphatic carbocycles. The predicted molar refractivity (Wildman–Crippen MR) is 204 cm³/mol. The normalized spacial score (nSPS) is 38.6. The van der Waals surface area contributed by atoms with E-state index in [0.717, 1.165) is 51.4 Å². The maximum absolute atomic E-state index is 15.2. The van der Waals surface area contributed by atoms with Crippen LogP contribution in [0.4, 0.5) is 0 Å². The number of hydrogen-bond donors (Lipinski definition) is 0. The van der Waals surface area contributed by atoms with Crippen molar-refractivity contribution in [1.29, 1.82) is 0 Å². The number of rotatable bonds is 6. The number of Topliss-reactive ketones (excluding diaryl/α,β-unsaturated/α-hetero) is 1. The summed E-state index contributed by atoms with van der Waals surface area (Å²) < 4.78 is 17.0. The molecule has 2 aromatic rings. The van der Waals surface area contributed by atoms with E-state index in [1.54, 1.807) is 24.3 Å². The van der Waals surface area contributed by atoms with Crippen LogP contribution in [-0.2, 0) is 24.6 Å². The minimum Gasteiger partial charge on any atom is -0.465 e. The molecule has 6 unspecified atom stereocenters. The van der Waals surface area contributed by atoms with Crippen LogP contribution in [0.25, 0.3) is 5.69 Å². The molecule has 0 bridgehead atoms. The molecule has 4 saturated carbocycles. The average Bonchev–Trinajstić information content (AvgIpc) is 3.58. The van der Waals surface area contributed by atoms with Gasteiger partial charge in [0.05, 0.1) is 17.3 Å². The van der Waals surface area contributed by atoms with E-state index in [9.17, 15) is 14.4 Å². The van der Waals surface area contributed by atoms with Gasteiger partial charge in [0.2, 0.25) is 0 Å². The van der Waals surface area contributed by atoms with Crippen LogP contribution >= 0.6 is 0 Å². The van der Waals surface area contributed by atoms with Crippen molar-refractivity contribution < 1.29 is 23.9 Å². The molecule has 2 heterocycles. The maximum atomic E-state index is 15.2. The van der Waals surface area contributed by atoms with Crippen molar-refractivity contribution in [3.8, 4) is 5.69 Å². The molecular weight excluding hydrogens is 682 g/mol. The number of carbonyl (C=O) groups is 3. The largest absolute Gasteiger partial charge is 0.465 e. The molecule has 9 atom stereocenters. The summed E-state index contributed by atoms with van der Waals surface area (Å²) in [6.07, 6.45) is 7.54. The Morgan fingerprint density at radius 2 is 1.48 bits per heavy atom. The van der Waals surface area contributed by atoms with Gasteiger partial charge in [0.15, 0.2) is 5.78 Å². The number of ether oxygens (including phenoxy) is 2. The topological polar surface area (TPSA) is 119 Å². The van der Waals surface area contributed by atoms with Crippen LogP contribution in [0, 0.1) is 44.8 Å². The number of allylic oxidation sites excluding steroid dienone is 1. The van der Waals surface area contributed by atoms with Gasteiger partial charge >= 0.3 is 23.3 Å². The molecule has 0 spiro atoms. The lowest BCUT2D eigenvalue weighted by molar-refractivity contribution is -0.218. The quantitative estimate of drug-likeness (QED) is 0.171. The number of aromatic nitrogens is 3. The highest BCUT2D eigenvalue weighted by atomic mass is 16.5. The Balaban J connectivity index is 1.39. The molecular formula is C44H59N3O7. The third kappa shape index (κ3) is 4.48. The Morgan fingerprint density at radius 1 is 0.815 bits per heavy atom. The maximum Gasteiger partial charge on any atom is 0.352 e. The number of benzene rings is 1. The Kier molecular flexibility index (Phi) is 8.05. The molecule has 0 amide bonds. The molecule has 1 aliphatic heterocycles. The van der Waals surface area contributed by atoms with Crippen molar-refractivity contribution in [3.63, 3.8) is 0 Å². The van der Waals surface area contributed by atoms with E-state index in [-0.39, 0.29) is 81.3 Å². The predicted octanol–water partition coefficient (Wildman–Crippen LogP) is 7.54. The molecule has 0 radical (unpaired) electrons. The minimum absolute atomic E-state index is 0.0297. The van der Waals surface area contributed by atoms with E-state index in [4.69, 9.17) is 9.47 Å². The first-order valence-electron chi connectivity index (χ1n) is 20.4. The van der Waals surface area contributed by atoms with E-state index < -0.39 is 11.0 Å². The highest BCUT2D eigenvalue weighted by molar-refractivity contribution is 5.94. The number of carbonyl (C=O) groups excluding carboxylic acids is 3. The molecule has 1 aromatic heterocycles. The van der Waals surface area contributed by atoms with Crippen LogP contribution in [0.5, 0.6) is 0 Å². The minimum atomic E-state index is -0.775. The smallest absolute Gasteiger partial charge is 0.352 e. The fraction of sp³-hybridized carbons (Fsp3) is 0.705. The van der Waals surface area contributed by atoms with Crippen LogP contribution < -0.4 is 11.4 Å². The van der Waals surface area contributed by atoms with Gasteiger partial charge in [0, 0.05) is 30.2 Å². The standard InChI is InChI=1S/C44H59N3O7/c1-25(2)44-22-21-43(24-53-27(4)49)20-19-42(10)35(36(43)44)31(46-37(51)45(38(52)47(44)46)30-13-11-29(12-14-30)26(3)48)23-33-40(8)17-16-34(54-28(5)50)39(6,7)32(40)15-18-41(33,42)9/h11-14,25,31-34H,15-24H2,1-10H3/t31?,32?,33?,34-,40?,41+,42+,43?,44?/m0/s1. The van der Waals surface area contributed by atoms with Crippen molar-refractivity contribution in [2.24, 2.45) is 44.8 Å². The Morgan fingerprint density at radius 3 is 2.09 bits per heavy atom. The lowest BCUT2D eigenvalue weighted by Crippen LogP contribution is -2.67. The zero-order valence-electron chi connectivity index (χ0n) is 34.0. The van der Waals surface area contributed by atoms with Crippen LogP contribution in [0.3, 0.4) is 0 Å². The van der Waals surface area contributed by atoms with Gasteiger partial charge in [-0.25, -0.2) is 23.5 Å². The summed E-state index contributed by atoms with van der Waals surface area (Å²) in [6, 6.07) is 6.44. The van der Waals surface area contributed by atoms with E-state index in [2.05, 4.69) is 48.5 Å². The van der Waals surface area contributed by atoms with Crippen LogP contribution in [0.2, 0.25) is 0 Å². The lowest BCUT2D eigenvalue weighted by atomic mass is 9.33. The molecule has 292 valence electrons. The third-order valence-corrected chi connectivity index (χ3v) is 17.0. The first kappa shape index (κ1) is 37.2. The van der Waals surface area contributed by atoms with E-state index in [1.807, 2.05) is 9.36 Å². The van der Waals surface area contributed by atoms with E-state index in [0.29, 0.717) is 23.6 Å². The van der Waals surface area contributed by atoms with Gasteiger partial charge < -0.3 is 9.47 Å². The lowest BCUT2D eigenvalue weighted by Gasteiger charge is -2.72. The van der Waals surface area contributed by atoms with Crippen molar-refractivity contribution in [2.75, 3.05) is 6.61 Å². The summed E-state index contributed by atoms with van der Waals surface area (Å²) in [7, 11) is 0. The fourth-order valence-electron chi connectivity index (χ4n) is 14.3. The highest BCUT2D eigenvalue weighted by Crippen LogP contribution is 2.79. The summed E-state index contributed by atoms with van der Waals surface area (Å²) in [5, 5.41) is 0. The molecule has 10 nitrogen and oxygen atoms in total. The number of esters is 2. The van der Waals surface area contributed by atoms with Crippen LogP contribution in [0.1, 0.15) is 143 Å². The molecule has 1 aromatic carbocycles. The van der Waals surface area contributed by atoms with Crippen molar-refractivity contribution in [1.82, 2.24) is 13.9 Å². The third-order valence-electron chi connectivity index (χ3n) is 17.0. The van der Waals surface area contributed by atoms with Crippen molar-refractivity contribution in [2.45, 2.75) is 145 Å². The monoisotopic (exact) mass is 741 g/mol. The van der Waals surface area contributed by atoms with E-state index >= 15 is 9.59 Å². The van der Waals surface area contributed by atoms with Crippen LogP contribution in [0.15, 0.2) is 45.0 Å². The van der Waals surface area contributed by atoms with E-state index in [1.165, 1.54) is 36.5 Å². The Labute approximate surface area is 318 Å². The second-order valence-corrected chi connectivity index (χ2v) is 19.7.